The fourth-order valence-electron chi connectivity index (χ4n) is 1.65. The van der Waals surface area contributed by atoms with Crippen molar-refractivity contribution in [2.24, 2.45) is 0 Å². The highest BCUT2D eigenvalue weighted by molar-refractivity contribution is 9.10. The Balaban J connectivity index is 2.52. The largest absolute Gasteiger partial charge is 0.432 e. The second kappa shape index (κ2) is 6.00. The van der Waals surface area contributed by atoms with Crippen molar-refractivity contribution in [2.75, 3.05) is 0 Å². The van der Waals surface area contributed by atoms with Gasteiger partial charge in [0.2, 0.25) is 0 Å². The number of nitriles is 1. The molecule has 0 amide bonds. The topological polar surface area (TPSA) is 48.8 Å². The molecule has 1 N–H and O–H groups in total. The average molecular weight is 382 g/mol. The highest BCUT2D eigenvalue weighted by Gasteiger charge is 2.17. The Bertz CT molecular complexity index is 674. The van der Waals surface area contributed by atoms with Crippen LogP contribution in [-0.4, -0.2) is 11.6 Å². The maximum absolute atomic E-state index is 12.2. The molecule has 0 aliphatic carbocycles. The number of alkyl halides is 2. The maximum atomic E-state index is 12.2. The third-order valence-electron chi connectivity index (χ3n) is 2.41. The van der Waals surface area contributed by atoms with E-state index in [9.17, 15) is 8.78 Å². The SMILES string of the molecule is N#Cc1[nH]c(Br)cc1-c1cc(Cl)c(OC(F)F)c(Cl)c1. The molecule has 0 saturated carbocycles. The number of H-pyrrole nitrogens is 1. The van der Waals surface area contributed by atoms with Gasteiger partial charge in [-0.1, -0.05) is 23.2 Å². The normalized spacial score (nSPS) is 10.7. The zero-order valence-electron chi connectivity index (χ0n) is 9.55. The van der Waals surface area contributed by atoms with E-state index in [1.54, 1.807) is 6.07 Å². The summed E-state index contributed by atoms with van der Waals surface area (Å²) in [5.41, 5.74) is 1.36. The Hall–Kier alpha value is -1.29. The van der Waals surface area contributed by atoms with Crippen LogP contribution >= 0.6 is 39.1 Å². The van der Waals surface area contributed by atoms with Crippen molar-refractivity contribution < 1.29 is 13.5 Å². The van der Waals surface area contributed by atoms with Crippen LogP contribution in [-0.2, 0) is 0 Å². The summed E-state index contributed by atoms with van der Waals surface area (Å²) in [5, 5.41) is 8.89. The van der Waals surface area contributed by atoms with Gasteiger partial charge in [0.1, 0.15) is 11.8 Å². The Morgan fingerprint density at radius 3 is 2.35 bits per heavy atom. The molecule has 1 aromatic heterocycles. The van der Waals surface area contributed by atoms with Crippen LogP contribution in [0.5, 0.6) is 5.75 Å². The van der Waals surface area contributed by atoms with Gasteiger partial charge in [-0.05, 0) is 39.7 Å². The second-order valence-corrected chi connectivity index (χ2v) is 5.33. The lowest BCUT2D eigenvalue weighted by molar-refractivity contribution is -0.0497. The molecule has 0 fully saturated rings. The number of benzene rings is 1. The molecule has 2 aromatic rings. The zero-order valence-corrected chi connectivity index (χ0v) is 12.7. The molecule has 1 aromatic carbocycles. The number of nitrogens with one attached hydrogen (secondary N) is 1. The van der Waals surface area contributed by atoms with Crippen LogP contribution < -0.4 is 4.74 Å². The molecule has 0 saturated heterocycles. The molecule has 2 rings (SSSR count). The van der Waals surface area contributed by atoms with E-state index >= 15 is 0 Å². The number of aromatic nitrogens is 1. The molecule has 8 heteroatoms. The van der Waals surface area contributed by atoms with Crippen LogP contribution in [0, 0.1) is 11.3 Å². The van der Waals surface area contributed by atoms with Crippen molar-refractivity contribution in [3.05, 3.63) is 38.5 Å². The smallest absolute Gasteiger partial charge is 0.387 e. The van der Waals surface area contributed by atoms with E-state index < -0.39 is 6.61 Å². The third kappa shape index (κ3) is 3.06. The quantitative estimate of drug-likeness (QED) is 0.791. The fraction of sp³-hybridized carbons (Fsp3) is 0.0833. The lowest BCUT2D eigenvalue weighted by atomic mass is 10.1. The molecule has 0 unspecified atom stereocenters. The first-order valence-electron chi connectivity index (χ1n) is 5.15. The van der Waals surface area contributed by atoms with Gasteiger partial charge < -0.3 is 9.72 Å². The number of halogens is 5. The molecule has 3 nitrogen and oxygen atoms in total. The van der Waals surface area contributed by atoms with E-state index in [4.69, 9.17) is 28.5 Å². The molecule has 20 heavy (non-hydrogen) atoms. The predicted octanol–water partition coefficient (Wildman–Crippen LogP) is 5.22. The summed E-state index contributed by atoms with van der Waals surface area (Å²) in [5.74, 6) is -0.291. The number of aromatic amines is 1. The first kappa shape index (κ1) is 15.1. The third-order valence-corrected chi connectivity index (χ3v) is 3.40. The van der Waals surface area contributed by atoms with E-state index in [1.165, 1.54) is 12.1 Å². The summed E-state index contributed by atoms with van der Waals surface area (Å²) < 4.78 is 29.3. The average Bonchev–Trinajstić information content (AvgIpc) is 2.74. The van der Waals surface area contributed by atoms with Gasteiger partial charge in [-0.15, -0.1) is 0 Å². The molecular weight excluding hydrogens is 377 g/mol. The number of rotatable bonds is 3. The Kier molecular flexibility index (Phi) is 4.53. The van der Waals surface area contributed by atoms with Crippen LogP contribution in [0.4, 0.5) is 8.78 Å². The maximum Gasteiger partial charge on any atom is 0.387 e. The fourth-order valence-corrected chi connectivity index (χ4v) is 2.66. The number of ether oxygens (including phenoxy) is 1. The summed E-state index contributed by atoms with van der Waals surface area (Å²) in [7, 11) is 0. The summed E-state index contributed by atoms with van der Waals surface area (Å²) in [6, 6.07) is 6.45. The van der Waals surface area contributed by atoms with Crippen LogP contribution in [0.25, 0.3) is 11.1 Å². The lowest BCUT2D eigenvalue weighted by Crippen LogP contribution is -2.03. The standard InChI is InChI=1S/C12H5BrCl2F2N2O/c13-10-3-6(9(4-18)19-10)5-1-7(14)11(8(15)2-5)20-12(16)17/h1-3,12,19H. The van der Waals surface area contributed by atoms with Gasteiger partial charge in [-0.3, -0.25) is 0 Å². The molecule has 0 radical (unpaired) electrons. The van der Waals surface area contributed by atoms with E-state index in [2.05, 4.69) is 25.7 Å². The van der Waals surface area contributed by atoms with Gasteiger partial charge in [0.15, 0.2) is 5.75 Å². The van der Waals surface area contributed by atoms with Crippen LogP contribution in [0.2, 0.25) is 10.0 Å². The minimum Gasteiger partial charge on any atom is -0.432 e. The van der Waals surface area contributed by atoms with E-state index in [1.807, 2.05) is 6.07 Å². The second-order valence-electron chi connectivity index (χ2n) is 3.67. The predicted molar refractivity (Wildman–Crippen MR) is 75.3 cm³/mol. The van der Waals surface area contributed by atoms with Crippen molar-refractivity contribution >= 4 is 39.1 Å². The number of hydrogen-bond acceptors (Lipinski definition) is 2. The van der Waals surface area contributed by atoms with Crippen LogP contribution in [0.1, 0.15) is 5.69 Å². The highest BCUT2D eigenvalue weighted by atomic mass is 79.9. The van der Waals surface area contributed by atoms with E-state index in [0.717, 1.165) is 0 Å². The molecule has 1 heterocycles. The summed E-state index contributed by atoms with van der Waals surface area (Å²) in [6.07, 6.45) is 0. The Morgan fingerprint density at radius 2 is 1.85 bits per heavy atom. The monoisotopic (exact) mass is 380 g/mol. The van der Waals surface area contributed by atoms with Crippen molar-refractivity contribution in [3.8, 4) is 22.9 Å². The molecule has 0 aliphatic heterocycles. The van der Waals surface area contributed by atoms with E-state index in [0.29, 0.717) is 21.4 Å². The van der Waals surface area contributed by atoms with Gasteiger partial charge in [0.25, 0.3) is 0 Å². The van der Waals surface area contributed by atoms with Gasteiger partial charge in [-0.2, -0.15) is 14.0 Å². The minimum absolute atomic E-state index is 0.0611. The van der Waals surface area contributed by atoms with Gasteiger partial charge in [0, 0.05) is 5.56 Å². The summed E-state index contributed by atoms with van der Waals surface area (Å²) in [4.78, 5) is 2.80. The zero-order chi connectivity index (χ0) is 14.9. The Labute approximate surface area is 131 Å². The Morgan fingerprint density at radius 1 is 1.25 bits per heavy atom. The van der Waals surface area contributed by atoms with Crippen LogP contribution in [0.15, 0.2) is 22.8 Å². The summed E-state index contributed by atoms with van der Waals surface area (Å²) >= 11 is 15.0. The molecule has 0 aliphatic rings. The molecule has 0 bridgehead atoms. The van der Waals surface area contributed by atoms with Crippen molar-refractivity contribution in [1.29, 1.82) is 5.26 Å². The van der Waals surface area contributed by atoms with E-state index in [-0.39, 0.29) is 15.8 Å². The molecular formula is C12H5BrCl2F2N2O. The first-order valence-corrected chi connectivity index (χ1v) is 6.70. The van der Waals surface area contributed by atoms with Crippen molar-refractivity contribution in [3.63, 3.8) is 0 Å². The lowest BCUT2D eigenvalue weighted by Gasteiger charge is -2.10. The minimum atomic E-state index is -3.02. The van der Waals surface area contributed by atoms with Crippen LogP contribution in [0.3, 0.4) is 0 Å². The summed E-state index contributed by atoms with van der Waals surface area (Å²) in [6.45, 7) is -3.02. The van der Waals surface area contributed by atoms with Crippen molar-refractivity contribution in [1.82, 2.24) is 4.98 Å². The molecule has 0 atom stereocenters. The molecule has 0 spiro atoms. The van der Waals surface area contributed by atoms with Gasteiger partial charge in [0.05, 0.1) is 14.6 Å². The van der Waals surface area contributed by atoms with Gasteiger partial charge >= 0.3 is 6.61 Å². The van der Waals surface area contributed by atoms with Crippen molar-refractivity contribution in [2.45, 2.75) is 6.61 Å². The first-order chi connectivity index (χ1) is 9.42. The number of nitrogens with zero attached hydrogens (tertiary/aromatic N) is 1. The molecule has 104 valence electrons. The van der Waals surface area contributed by atoms with Gasteiger partial charge in [-0.25, -0.2) is 0 Å². The number of hydrogen-bond donors (Lipinski definition) is 1. The highest BCUT2D eigenvalue weighted by Crippen LogP contribution is 2.39.